The van der Waals surface area contributed by atoms with Gasteiger partial charge in [0, 0.05) is 0 Å². The van der Waals surface area contributed by atoms with E-state index < -0.39 is 4.92 Å². The molecule has 1 spiro atoms. The summed E-state index contributed by atoms with van der Waals surface area (Å²) in [6.07, 6.45) is 7.88. The zero-order valence-corrected chi connectivity index (χ0v) is 9.86. The molecule has 0 amide bonds. The Kier molecular flexibility index (Phi) is 3.76. The summed E-state index contributed by atoms with van der Waals surface area (Å²) in [4.78, 5) is 9.39. The van der Waals surface area contributed by atoms with Crippen LogP contribution in [0, 0.1) is 27.4 Å². The summed E-state index contributed by atoms with van der Waals surface area (Å²) < 4.78 is 0.722. The van der Waals surface area contributed by atoms with Crippen molar-refractivity contribution in [3.8, 4) is 0 Å². The number of fused-ring (bicyclic) bond motifs is 1. The van der Waals surface area contributed by atoms with Gasteiger partial charge >= 0.3 is 0 Å². The van der Waals surface area contributed by atoms with Crippen molar-refractivity contribution in [1.29, 1.82) is 0 Å². The molecule has 3 saturated carbocycles. The molecular formula is C10H17NO2S2. The molecule has 3 nitrogen and oxygen atoms in total. The number of hydrogen-bond acceptors (Lipinski definition) is 4. The third-order valence-corrected chi connectivity index (χ3v) is 5.36. The Morgan fingerprint density at radius 1 is 1.40 bits per heavy atom. The van der Waals surface area contributed by atoms with Gasteiger partial charge in [0.25, 0.3) is 6.20 Å². The summed E-state index contributed by atoms with van der Waals surface area (Å²) in [5.74, 6) is 2.59. The van der Waals surface area contributed by atoms with E-state index in [-0.39, 0.29) is 7.43 Å². The largest absolute Gasteiger partial charge is 0.259 e. The molecule has 3 aliphatic rings. The molecule has 0 heterocycles. The SMILES string of the molecule is C.C1C2C3CC123.CSC(=C[N+](=O)[O-])SC. The van der Waals surface area contributed by atoms with E-state index in [0.29, 0.717) is 0 Å². The highest BCUT2D eigenvalue weighted by Crippen LogP contribution is 2.97. The number of thioether (sulfide) groups is 2. The van der Waals surface area contributed by atoms with Crippen LogP contribution in [0.3, 0.4) is 0 Å². The van der Waals surface area contributed by atoms with Gasteiger partial charge in [-0.3, -0.25) is 10.1 Å². The Morgan fingerprint density at radius 2 is 1.80 bits per heavy atom. The van der Waals surface area contributed by atoms with E-state index in [2.05, 4.69) is 0 Å². The molecule has 0 N–H and O–H groups in total. The van der Waals surface area contributed by atoms with E-state index >= 15 is 0 Å². The van der Waals surface area contributed by atoms with E-state index in [1.165, 1.54) is 35.4 Å². The highest BCUT2D eigenvalue weighted by atomic mass is 32.2. The normalized spacial score (nSPS) is 35.6. The molecule has 0 aromatic carbocycles. The fraction of sp³-hybridized carbons (Fsp3) is 0.800. The summed E-state index contributed by atoms with van der Waals surface area (Å²) in [5.41, 5.74) is 1.08. The molecule has 5 heteroatoms. The molecule has 2 unspecified atom stereocenters. The lowest BCUT2D eigenvalue weighted by Crippen LogP contribution is -1.83. The van der Waals surface area contributed by atoms with Gasteiger partial charge in [-0.15, -0.1) is 23.5 Å². The fourth-order valence-corrected chi connectivity index (χ4v) is 3.05. The number of hydrogen-bond donors (Lipinski definition) is 0. The van der Waals surface area contributed by atoms with E-state index in [9.17, 15) is 10.1 Å². The molecule has 0 radical (unpaired) electrons. The van der Waals surface area contributed by atoms with Gasteiger partial charge in [-0.1, -0.05) is 7.43 Å². The third-order valence-electron chi connectivity index (χ3n) is 3.35. The lowest BCUT2D eigenvalue weighted by molar-refractivity contribution is -0.402. The maximum absolute atomic E-state index is 9.83. The third kappa shape index (κ3) is 2.50. The van der Waals surface area contributed by atoms with Gasteiger partial charge < -0.3 is 0 Å². The monoisotopic (exact) mass is 247 g/mol. The minimum absolute atomic E-state index is 0. The molecule has 0 bridgehead atoms. The van der Waals surface area contributed by atoms with Crippen LogP contribution in [-0.2, 0) is 0 Å². The standard InChI is InChI=1S/C5H6.C4H7NO2S2.CH4/c1-3-4-2-5(1,3)4;1-8-4(9-2)3-5(6)7;/h3-4H,1-2H2;3H,1-2H3;1H4. The van der Waals surface area contributed by atoms with Gasteiger partial charge in [-0.25, -0.2) is 0 Å². The van der Waals surface area contributed by atoms with Crippen molar-refractivity contribution >= 4 is 23.5 Å². The van der Waals surface area contributed by atoms with Crippen LogP contribution in [0.5, 0.6) is 0 Å². The first-order valence-electron chi connectivity index (χ1n) is 4.57. The maximum Gasteiger partial charge on any atom is 0.254 e. The van der Waals surface area contributed by atoms with E-state index in [0.717, 1.165) is 15.9 Å². The molecule has 86 valence electrons. The predicted molar refractivity (Wildman–Crippen MR) is 67.5 cm³/mol. The first-order chi connectivity index (χ1) is 6.64. The van der Waals surface area contributed by atoms with Crippen LogP contribution in [0.1, 0.15) is 20.3 Å². The Balaban J connectivity index is 0.000000152. The highest BCUT2D eigenvalue weighted by Gasteiger charge is 2.90. The van der Waals surface area contributed by atoms with Crippen LogP contribution in [-0.4, -0.2) is 17.4 Å². The van der Waals surface area contributed by atoms with Crippen molar-refractivity contribution in [3.63, 3.8) is 0 Å². The molecule has 0 aliphatic heterocycles. The van der Waals surface area contributed by atoms with E-state index in [1.807, 2.05) is 12.5 Å². The van der Waals surface area contributed by atoms with Crippen LogP contribution >= 0.6 is 23.5 Å². The molecule has 3 fully saturated rings. The summed E-state index contributed by atoms with van der Waals surface area (Å²) >= 11 is 2.76. The van der Waals surface area contributed by atoms with Gasteiger partial charge in [-0.05, 0) is 42.6 Å². The number of rotatable bonds is 3. The number of nitrogens with zero attached hydrogens (tertiary/aromatic N) is 1. The van der Waals surface area contributed by atoms with Gasteiger partial charge in [0.05, 0.1) is 4.92 Å². The first-order valence-corrected chi connectivity index (χ1v) is 7.02. The quantitative estimate of drug-likeness (QED) is 0.566. The average molecular weight is 247 g/mol. The minimum atomic E-state index is -0.442. The zero-order valence-electron chi connectivity index (χ0n) is 8.23. The maximum atomic E-state index is 9.83. The zero-order chi connectivity index (χ0) is 10.3. The van der Waals surface area contributed by atoms with Gasteiger partial charge in [-0.2, -0.15) is 0 Å². The Hall–Kier alpha value is -0.160. The Bertz CT molecular complexity index is 284. The summed E-state index contributed by atoms with van der Waals surface area (Å²) in [5, 5.41) is 9.83. The van der Waals surface area contributed by atoms with Crippen LogP contribution in [0.4, 0.5) is 0 Å². The first kappa shape index (κ1) is 12.9. The molecule has 0 aromatic rings. The predicted octanol–water partition coefficient (Wildman–Crippen LogP) is 3.45. The number of nitro groups is 1. The molecule has 2 atom stereocenters. The summed E-state index contributed by atoms with van der Waals surface area (Å²) in [6, 6.07) is 0. The van der Waals surface area contributed by atoms with Crippen molar-refractivity contribution in [2.24, 2.45) is 17.3 Å². The van der Waals surface area contributed by atoms with Crippen molar-refractivity contribution < 1.29 is 4.92 Å². The Morgan fingerprint density at radius 3 is 1.87 bits per heavy atom. The lowest BCUT2D eigenvalue weighted by atomic mass is 10.4. The van der Waals surface area contributed by atoms with Crippen molar-refractivity contribution in [2.75, 3.05) is 12.5 Å². The highest BCUT2D eigenvalue weighted by molar-refractivity contribution is 8.21. The van der Waals surface area contributed by atoms with Crippen molar-refractivity contribution in [3.05, 3.63) is 20.6 Å². The second kappa shape index (κ2) is 4.37. The van der Waals surface area contributed by atoms with Crippen LogP contribution in [0.2, 0.25) is 0 Å². The summed E-state index contributed by atoms with van der Waals surface area (Å²) in [6.45, 7) is 0. The Labute approximate surface area is 99.2 Å². The molecular weight excluding hydrogens is 230 g/mol. The average Bonchev–Trinajstić information content (AvgIpc) is 3.03. The van der Waals surface area contributed by atoms with Gasteiger partial charge in [0.1, 0.15) is 4.24 Å². The van der Waals surface area contributed by atoms with Crippen molar-refractivity contribution in [2.45, 2.75) is 20.3 Å². The summed E-state index contributed by atoms with van der Waals surface area (Å²) in [7, 11) is 0. The topological polar surface area (TPSA) is 43.1 Å². The van der Waals surface area contributed by atoms with Crippen LogP contribution in [0.25, 0.3) is 0 Å². The fourth-order valence-electron chi connectivity index (χ4n) is 2.00. The van der Waals surface area contributed by atoms with Crippen LogP contribution < -0.4 is 0 Å². The van der Waals surface area contributed by atoms with Crippen LogP contribution in [0.15, 0.2) is 10.4 Å². The van der Waals surface area contributed by atoms with E-state index in [4.69, 9.17) is 0 Å². The van der Waals surface area contributed by atoms with Gasteiger partial charge in [0.15, 0.2) is 0 Å². The molecule has 15 heavy (non-hydrogen) atoms. The van der Waals surface area contributed by atoms with Crippen molar-refractivity contribution in [1.82, 2.24) is 0 Å². The van der Waals surface area contributed by atoms with E-state index in [1.54, 1.807) is 12.8 Å². The lowest BCUT2D eigenvalue weighted by Gasteiger charge is -1.90. The molecule has 0 saturated heterocycles. The molecule has 0 aromatic heterocycles. The molecule has 3 aliphatic carbocycles. The second-order valence-electron chi connectivity index (χ2n) is 4.00. The molecule has 3 rings (SSSR count). The smallest absolute Gasteiger partial charge is 0.254 e. The minimum Gasteiger partial charge on any atom is -0.259 e. The second-order valence-corrected chi connectivity index (χ2v) is 5.95. The van der Waals surface area contributed by atoms with Gasteiger partial charge in [0.2, 0.25) is 0 Å².